The van der Waals surface area contributed by atoms with E-state index in [1.165, 1.54) is 0 Å². The number of carbonyl (C=O) groups is 1. The van der Waals surface area contributed by atoms with Gasteiger partial charge in [0.15, 0.2) is 0 Å². The molecule has 4 nitrogen and oxygen atoms in total. The van der Waals surface area contributed by atoms with Gasteiger partial charge in [-0.15, -0.1) is 0 Å². The second-order valence-electron chi connectivity index (χ2n) is 4.44. The highest BCUT2D eigenvalue weighted by Crippen LogP contribution is 2.25. The number of nitrogens with zero attached hydrogens (tertiary/aromatic N) is 1. The Balaban J connectivity index is 2.21. The fourth-order valence-electron chi connectivity index (χ4n) is 2.24. The molecule has 0 saturated carbocycles. The van der Waals surface area contributed by atoms with Crippen molar-refractivity contribution in [2.24, 2.45) is 5.73 Å². The van der Waals surface area contributed by atoms with Crippen LogP contribution in [0, 0.1) is 6.92 Å². The monoisotopic (exact) mass is 251 g/mol. The van der Waals surface area contributed by atoms with Crippen molar-refractivity contribution >= 4 is 16.9 Å². The van der Waals surface area contributed by atoms with Gasteiger partial charge in [-0.25, -0.2) is 4.98 Å². The van der Waals surface area contributed by atoms with Gasteiger partial charge in [-0.05, 0) is 30.7 Å². The first-order valence-corrected chi connectivity index (χ1v) is 6.01. The lowest BCUT2D eigenvalue weighted by Crippen LogP contribution is -2.13. The molecule has 0 radical (unpaired) electrons. The van der Waals surface area contributed by atoms with Gasteiger partial charge in [0.25, 0.3) is 0 Å². The topological polar surface area (TPSA) is 71.8 Å². The molecule has 0 unspecified atom stereocenters. The van der Waals surface area contributed by atoms with Crippen molar-refractivity contribution in [3.8, 4) is 11.4 Å². The normalized spacial score (nSPS) is 10.8. The summed E-state index contributed by atoms with van der Waals surface area (Å²) in [4.78, 5) is 19.2. The number of hydrogen-bond acceptors (Lipinski definition) is 2. The van der Waals surface area contributed by atoms with E-state index >= 15 is 0 Å². The fraction of sp³-hybridized carbons (Fsp3) is 0.0667. The summed E-state index contributed by atoms with van der Waals surface area (Å²) < 4.78 is 0. The van der Waals surface area contributed by atoms with E-state index in [4.69, 9.17) is 5.73 Å². The van der Waals surface area contributed by atoms with E-state index in [1.54, 1.807) is 6.07 Å². The molecule has 0 aliphatic rings. The van der Waals surface area contributed by atoms with Crippen molar-refractivity contribution < 1.29 is 4.79 Å². The molecule has 0 aliphatic heterocycles. The molecule has 94 valence electrons. The van der Waals surface area contributed by atoms with Crippen molar-refractivity contribution in [3.05, 3.63) is 53.6 Å². The molecule has 0 fully saturated rings. The van der Waals surface area contributed by atoms with Crippen molar-refractivity contribution in [1.29, 1.82) is 0 Å². The number of para-hydroxylation sites is 2. The smallest absolute Gasteiger partial charge is 0.248 e. The number of aromatic amines is 1. The minimum atomic E-state index is -0.421. The summed E-state index contributed by atoms with van der Waals surface area (Å²) in [5.74, 6) is 0.331. The summed E-state index contributed by atoms with van der Waals surface area (Å²) in [7, 11) is 0. The van der Waals surface area contributed by atoms with Gasteiger partial charge in [0.05, 0.1) is 11.0 Å². The molecule has 1 heterocycles. The summed E-state index contributed by atoms with van der Waals surface area (Å²) in [6.07, 6.45) is 0. The number of primary amides is 1. The summed E-state index contributed by atoms with van der Waals surface area (Å²) in [5, 5.41) is 0. The zero-order chi connectivity index (χ0) is 13.4. The van der Waals surface area contributed by atoms with Crippen molar-refractivity contribution in [2.45, 2.75) is 6.92 Å². The zero-order valence-electron chi connectivity index (χ0n) is 10.5. The standard InChI is InChI=1S/C15H13N3O/c1-9-10(14(16)19)5-4-6-11(9)15-17-12-7-2-3-8-13(12)18-15/h2-8H,1H3,(H2,16,19)(H,17,18). The average Bonchev–Trinajstić information content (AvgIpc) is 2.82. The highest BCUT2D eigenvalue weighted by atomic mass is 16.1. The third-order valence-electron chi connectivity index (χ3n) is 3.24. The molecule has 0 aliphatic carbocycles. The molecule has 3 rings (SSSR count). The minimum absolute atomic E-state index is 0.421. The summed E-state index contributed by atoms with van der Waals surface area (Å²) in [6.45, 7) is 1.88. The van der Waals surface area contributed by atoms with Crippen LogP contribution in [0.1, 0.15) is 15.9 Å². The Kier molecular flexibility index (Phi) is 2.56. The number of amides is 1. The van der Waals surface area contributed by atoms with E-state index in [0.29, 0.717) is 5.56 Å². The molecule has 3 N–H and O–H groups in total. The molecule has 0 spiro atoms. The van der Waals surface area contributed by atoms with Gasteiger partial charge in [-0.3, -0.25) is 4.79 Å². The van der Waals surface area contributed by atoms with Gasteiger partial charge < -0.3 is 10.7 Å². The maximum atomic E-state index is 11.4. The highest BCUT2D eigenvalue weighted by molar-refractivity contribution is 5.96. The Hall–Kier alpha value is -2.62. The highest BCUT2D eigenvalue weighted by Gasteiger charge is 2.12. The summed E-state index contributed by atoms with van der Waals surface area (Å²) in [5.41, 5.74) is 9.51. The number of imidazole rings is 1. The maximum absolute atomic E-state index is 11.4. The van der Waals surface area contributed by atoms with E-state index in [2.05, 4.69) is 9.97 Å². The summed E-state index contributed by atoms with van der Waals surface area (Å²) >= 11 is 0. The lowest BCUT2D eigenvalue weighted by molar-refractivity contribution is 0.1000. The first-order valence-electron chi connectivity index (χ1n) is 6.01. The molecular formula is C15H13N3O. The van der Waals surface area contributed by atoms with Crippen LogP contribution < -0.4 is 5.73 Å². The average molecular weight is 251 g/mol. The predicted molar refractivity (Wildman–Crippen MR) is 74.8 cm³/mol. The van der Waals surface area contributed by atoms with Crippen LogP contribution in [0.3, 0.4) is 0 Å². The number of aromatic nitrogens is 2. The van der Waals surface area contributed by atoms with Crippen LogP contribution in [0.25, 0.3) is 22.4 Å². The molecular weight excluding hydrogens is 238 g/mol. The SMILES string of the molecule is Cc1c(C(N)=O)cccc1-c1nc2ccccc2[nH]1. The number of H-pyrrole nitrogens is 1. The lowest BCUT2D eigenvalue weighted by Gasteiger charge is -2.06. The number of hydrogen-bond donors (Lipinski definition) is 2. The van der Waals surface area contributed by atoms with Crippen LogP contribution in [0.2, 0.25) is 0 Å². The van der Waals surface area contributed by atoms with Crippen molar-refractivity contribution in [2.75, 3.05) is 0 Å². The fourth-order valence-corrected chi connectivity index (χ4v) is 2.24. The number of fused-ring (bicyclic) bond motifs is 1. The van der Waals surface area contributed by atoms with Gasteiger partial charge in [-0.1, -0.05) is 24.3 Å². The molecule has 4 heteroatoms. The first-order chi connectivity index (χ1) is 9.16. The number of carbonyl (C=O) groups excluding carboxylic acids is 1. The molecule has 0 bridgehead atoms. The van der Waals surface area contributed by atoms with Crippen LogP contribution in [-0.4, -0.2) is 15.9 Å². The van der Waals surface area contributed by atoms with E-state index in [9.17, 15) is 4.79 Å². The van der Waals surface area contributed by atoms with Crippen molar-refractivity contribution in [3.63, 3.8) is 0 Å². The molecule has 2 aromatic carbocycles. The Labute approximate surface area is 110 Å². The number of benzene rings is 2. The second-order valence-corrected chi connectivity index (χ2v) is 4.44. The van der Waals surface area contributed by atoms with E-state index in [1.807, 2.05) is 43.3 Å². The van der Waals surface area contributed by atoms with Crippen LogP contribution in [0.15, 0.2) is 42.5 Å². The third-order valence-corrected chi connectivity index (χ3v) is 3.24. The van der Waals surface area contributed by atoms with E-state index in [-0.39, 0.29) is 0 Å². The number of rotatable bonds is 2. The van der Waals surface area contributed by atoms with E-state index in [0.717, 1.165) is 28.0 Å². The lowest BCUT2D eigenvalue weighted by atomic mass is 10.0. The van der Waals surface area contributed by atoms with Crippen LogP contribution in [0.5, 0.6) is 0 Å². The van der Waals surface area contributed by atoms with Crippen LogP contribution in [-0.2, 0) is 0 Å². The Morgan fingerprint density at radius 3 is 2.68 bits per heavy atom. The first kappa shape index (κ1) is 11.5. The Morgan fingerprint density at radius 2 is 1.95 bits per heavy atom. The van der Waals surface area contributed by atoms with Crippen LogP contribution in [0.4, 0.5) is 0 Å². The van der Waals surface area contributed by atoms with Crippen molar-refractivity contribution in [1.82, 2.24) is 9.97 Å². The van der Waals surface area contributed by atoms with Gasteiger partial charge in [-0.2, -0.15) is 0 Å². The number of nitrogens with two attached hydrogens (primary N) is 1. The van der Waals surface area contributed by atoms with Gasteiger partial charge in [0.2, 0.25) is 5.91 Å². The van der Waals surface area contributed by atoms with Gasteiger partial charge in [0.1, 0.15) is 5.82 Å². The maximum Gasteiger partial charge on any atom is 0.248 e. The largest absolute Gasteiger partial charge is 0.366 e. The Bertz CT molecular complexity index is 741. The Morgan fingerprint density at radius 1 is 1.16 bits per heavy atom. The zero-order valence-corrected chi connectivity index (χ0v) is 10.5. The molecule has 1 amide bonds. The van der Waals surface area contributed by atoms with Crippen LogP contribution >= 0.6 is 0 Å². The molecule has 0 saturated heterocycles. The third kappa shape index (κ3) is 1.87. The quantitative estimate of drug-likeness (QED) is 0.735. The molecule has 3 aromatic rings. The molecule has 19 heavy (non-hydrogen) atoms. The molecule has 0 atom stereocenters. The second kappa shape index (κ2) is 4.24. The van der Waals surface area contributed by atoms with Gasteiger partial charge >= 0.3 is 0 Å². The predicted octanol–water partition coefficient (Wildman–Crippen LogP) is 2.64. The number of nitrogens with one attached hydrogen (secondary N) is 1. The minimum Gasteiger partial charge on any atom is -0.366 e. The molecule has 1 aromatic heterocycles. The van der Waals surface area contributed by atoms with Gasteiger partial charge in [0, 0.05) is 11.1 Å². The van der Waals surface area contributed by atoms with E-state index < -0.39 is 5.91 Å². The summed E-state index contributed by atoms with van der Waals surface area (Å²) in [6, 6.07) is 13.3.